The van der Waals surface area contributed by atoms with Crippen LogP contribution in [0.4, 0.5) is 4.79 Å². The largest absolute Gasteiger partial charge is 0.508 e. The normalized spacial score (nSPS) is 24.9. The van der Waals surface area contributed by atoms with Crippen LogP contribution in [0.25, 0.3) is 11.1 Å². The summed E-state index contributed by atoms with van der Waals surface area (Å²) < 4.78 is 30.6. The molecular formula is C67H77Cl2N9O23. The van der Waals surface area contributed by atoms with Crippen LogP contribution in [0, 0.1) is 5.92 Å². The lowest BCUT2D eigenvalue weighted by molar-refractivity contribution is -0.277. The van der Waals surface area contributed by atoms with Crippen LogP contribution in [0.1, 0.15) is 119 Å². The molecule has 5 aromatic carbocycles. The van der Waals surface area contributed by atoms with Gasteiger partial charge in [0.1, 0.15) is 113 Å². The highest BCUT2D eigenvalue weighted by Gasteiger charge is 2.47. The number of hydrogen-bond acceptors (Lipinski definition) is 23. The maximum atomic E-state index is 16.0. The van der Waals surface area contributed by atoms with Crippen LogP contribution in [-0.2, 0) is 47.8 Å². The van der Waals surface area contributed by atoms with Crippen LogP contribution < -0.4 is 57.2 Å². The first-order valence-corrected chi connectivity index (χ1v) is 32.4. The van der Waals surface area contributed by atoms with Crippen LogP contribution in [0.5, 0.6) is 46.0 Å². The summed E-state index contributed by atoms with van der Waals surface area (Å²) in [5, 5.41) is 119. The summed E-state index contributed by atoms with van der Waals surface area (Å²) in [4.78, 5) is 134. The maximum absolute atomic E-state index is 16.0. The molecule has 0 radical (unpaired) electrons. The number of aliphatic hydroxyl groups is 6. The van der Waals surface area contributed by atoms with Gasteiger partial charge >= 0.3 is 6.09 Å². The fourth-order valence-corrected chi connectivity index (χ4v) is 12.1. The molecule has 1 fully saturated rings. The van der Waals surface area contributed by atoms with E-state index in [0.29, 0.717) is 0 Å². The number of primary amides is 1. The number of ether oxygens (including phenoxy) is 5. The molecule has 11 rings (SSSR count). The van der Waals surface area contributed by atoms with Crippen molar-refractivity contribution in [2.45, 2.75) is 158 Å². The number of halogens is 2. The molecule has 9 amide bonds. The number of aromatic hydroxyl groups is 3. The molecule has 32 nitrogen and oxygen atoms in total. The van der Waals surface area contributed by atoms with Gasteiger partial charge in [-0.3, -0.25) is 43.3 Å². The third-order valence-corrected chi connectivity index (χ3v) is 17.2. The third kappa shape index (κ3) is 16.8. The van der Waals surface area contributed by atoms with E-state index in [2.05, 4.69) is 37.2 Å². The zero-order chi connectivity index (χ0) is 74.1. The Balaban J connectivity index is 1.30. The second-order valence-corrected chi connectivity index (χ2v) is 27.1. The Morgan fingerprint density at radius 2 is 1.25 bits per heavy atom. The van der Waals surface area contributed by atoms with Crippen molar-refractivity contribution >= 4 is 76.6 Å². The first-order chi connectivity index (χ1) is 47.4. The zero-order valence-corrected chi connectivity index (χ0v) is 56.9. The first-order valence-electron chi connectivity index (χ1n) is 31.7. The quantitative estimate of drug-likeness (QED) is 0.0849. The molecule has 34 heteroatoms. The van der Waals surface area contributed by atoms with Gasteiger partial charge < -0.3 is 113 Å². The van der Waals surface area contributed by atoms with Crippen molar-refractivity contribution in [1.82, 2.24) is 42.1 Å². The summed E-state index contributed by atoms with van der Waals surface area (Å²) in [5.41, 5.74) is 2.29. The molecule has 6 aliphatic rings. The molecule has 11 bridgehead atoms. The minimum Gasteiger partial charge on any atom is -0.508 e. The molecule has 0 aliphatic carbocycles. The van der Waals surface area contributed by atoms with Crippen LogP contribution in [0.2, 0.25) is 10.0 Å². The Morgan fingerprint density at radius 1 is 0.663 bits per heavy atom. The van der Waals surface area contributed by atoms with Crippen molar-refractivity contribution in [3.05, 3.63) is 117 Å². The van der Waals surface area contributed by atoms with E-state index < -0.39 is 219 Å². The predicted molar refractivity (Wildman–Crippen MR) is 353 cm³/mol. The molecule has 0 unspecified atom stereocenters. The number of likely N-dealkylation sites (N-methyl/N-ethyl adjacent to an activating group) is 1. The molecule has 6 aliphatic heterocycles. The molecule has 542 valence electrons. The van der Waals surface area contributed by atoms with Crippen molar-refractivity contribution in [3.63, 3.8) is 0 Å². The standard InChI is InChI=1S/C67H77Cl2N9O23/c1-25(2)15-37(78(8)66(96)101-67(5,6)7)59(90)76-50-52(84)28-10-13-40(34(68)17-28)97-42-19-30-20-43(57(42)100-65-56(88)55(87)54(86)44(24-79)99-65)98-41-14-11-29(18-35(41)69)53(85)51-64(95)75-49(62(93)71-26(3)4)33-21-31(80)22-39(82)46(33)32-16-27(9-12-38(32)81)47(60(91)77-51)74-61(92)48(30)73-58(89)36(23-45(70)83)72-63(50)94/h9-14,16-22,25-26,36-37,44,47-56,65,79-82,84-88H,15,23-24H2,1-8H3,(H2,70,83)(H,71,93)(H,72,94)(H,73,89)(H,74,92)(H,75,95)(H,76,90)(H,77,91)/t36-,37+,44+,47+,48+,49-,50+,51-,52+,53+,54-,55-,56+,65-/m0/s1. The Labute approximate surface area is 586 Å². The zero-order valence-electron chi connectivity index (χ0n) is 55.4. The number of phenolic OH excluding ortho intramolecular Hbond substituents is 3. The van der Waals surface area contributed by atoms with E-state index in [-0.39, 0.29) is 51.7 Å². The highest BCUT2D eigenvalue weighted by molar-refractivity contribution is 6.32. The Morgan fingerprint density at radius 3 is 1.82 bits per heavy atom. The molecule has 0 aromatic heterocycles. The summed E-state index contributed by atoms with van der Waals surface area (Å²) in [6.07, 6.45) is -16.3. The topological polar surface area (TPSA) is 495 Å². The average Bonchev–Trinajstić information content (AvgIpc) is 0.766. The first kappa shape index (κ1) is 75.4. The number of nitrogens with zero attached hydrogens (tertiary/aromatic N) is 1. The van der Waals surface area contributed by atoms with Crippen molar-refractivity contribution in [2.24, 2.45) is 11.7 Å². The second kappa shape index (κ2) is 30.6. The van der Waals surface area contributed by atoms with E-state index in [1.165, 1.54) is 19.2 Å². The number of rotatable bonds is 12. The fourth-order valence-electron chi connectivity index (χ4n) is 11.6. The van der Waals surface area contributed by atoms with E-state index in [4.69, 9.17) is 52.6 Å². The average molecular weight is 1450 g/mol. The Bertz CT molecular complexity index is 4080. The lowest BCUT2D eigenvalue weighted by Gasteiger charge is -2.39. The maximum Gasteiger partial charge on any atom is 0.410 e. The number of carbonyl (C=O) groups excluding carboxylic acids is 9. The molecule has 18 N–H and O–H groups in total. The van der Waals surface area contributed by atoms with Gasteiger partial charge in [-0.1, -0.05) is 55.2 Å². The lowest BCUT2D eigenvalue weighted by atomic mass is 9.89. The molecule has 0 spiro atoms. The van der Waals surface area contributed by atoms with Crippen LogP contribution in [-0.4, -0.2) is 184 Å². The van der Waals surface area contributed by atoms with Gasteiger partial charge in [0.15, 0.2) is 11.5 Å². The van der Waals surface area contributed by atoms with E-state index in [9.17, 15) is 65.1 Å². The Hall–Kier alpha value is -9.77. The van der Waals surface area contributed by atoms with Gasteiger partial charge in [-0.2, -0.15) is 0 Å². The second-order valence-electron chi connectivity index (χ2n) is 26.3. The van der Waals surface area contributed by atoms with E-state index >= 15 is 24.0 Å². The van der Waals surface area contributed by atoms with E-state index in [1.54, 1.807) is 48.5 Å². The summed E-state index contributed by atoms with van der Waals surface area (Å²) in [6.45, 7) is 10.4. The minimum atomic E-state index is -2.35. The van der Waals surface area contributed by atoms with Gasteiger partial charge in [0, 0.05) is 30.3 Å². The summed E-state index contributed by atoms with van der Waals surface area (Å²) >= 11 is 14.0. The number of nitrogens with one attached hydrogen (secondary N) is 7. The van der Waals surface area contributed by atoms with Crippen LogP contribution in [0.3, 0.4) is 0 Å². The van der Waals surface area contributed by atoms with Crippen molar-refractivity contribution < 1.29 is 113 Å². The Kier molecular flexibility index (Phi) is 22.9. The van der Waals surface area contributed by atoms with Gasteiger partial charge in [0.2, 0.25) is 59.3 Å². The SMILES string of the molecule is CC(C)C[C@H](C(=O)N[C@H]1C(=O)N[C@@H](CC(N)=O)C(=O)N[C@H]2C(=O)N[C@H]3C(=O)N[C@H](C(=O)N[C@H](C(=O)NC(C)C)c4cc(O)cc(O)c4-c4cc3ccc4O)[C@H](O)c3ccc(c(Cl)c3)Oc3cc2cc(c3O[C@@H]2O[C@H](CO)[C@H](O)[C@H](O)[C@H]2O)Oc2ccc(cc2Cl)[C@H]1O)N(C)C(=O)OC(C)(C)C. The van der Waals surface area contributed by atoms with Crippen molar-refractivity contribution in [3.8, 4) is 57.1 Å². The number of nitrogens with two attached hydrogens (primary N) is 1. The number of fused-ring (bicyclic) bond motifs is 15. The molecule has 5 aromatic rings. The summed E-state index contributed by atoms with van der Waals surface area (Å²) in [5.74, 6) is -15.3. The van der Waals surface area contributed by atoms with Crippen LogP contribution in [0.15, 0.2) is 78.9 Å². The lowest BCUT2D eigenvalue weighted by Crippen LogP contribution is -2.60. The molecule has 0 saturated carbocycles. The summed E-state index contributed by atoms with van der Waals surface area (Å²) in [7, 11) is 1.27. The van der Waals surface area contributed by atoms with Crippen molar-refractivity contribution in [2.75, 3.05) is 13.7 Å². The van der Waals surface area contributed by atoms with E-state index in [1.807, 2.05) is 0 Å². The molecule has 1 saturated heterocycles. The number of phenols is 3. The van der Waals surface area contributed by atoms with E-state index in [0.717, 1.165) is 71.6 Å². The molecule has 101 heavy (non-hydrogen) atoms. The van der Waals surface area contributed by atoms with Gasteiger partial charge in [0.25, 0.3) is 0 Å². The number of carbonyl (C=O) groups is 9. The third-order valence-electron chi connectivity index (χ3n) is 16.6. The van der Waals surface area contributed by atoms with Gasteiger partial charge in [-0.25, -0.2) is 4.79 Å². The molecule has 6 heterocycles. The monoisotopic (exact) mass is 1450 g/mol. The van der Waals surface area contributed by atoms with Gasteiger partial charge in [-0.05, 0) is 129 Å². The minimum absolute atomic E-state index is 0.0510. The number of aliphatic hydroxyl groups excluding tert-OH is 6. The number of amides is 9. The highest BCUT2D eigenvalue weighted by atomic mass is 35.5. The predicted octanol–water partition coefficient (Wildman–Crippen LogP) is 1.96. The molecular weight excluding hydrogens is 1370 g/mol. The van der Waals surface area contributed by atoms with Crippen molar-refractivity contribution in [1.29, 1.82) is 0 Å². The number of benzene rings is 5. The van der Waals surface area contributed by atoms with Crippen LogP contribution >= 0.6 is 23.2 Å². The number of hydrogen-bond donors (Lipinski definition) is 17. The van der Waals surface area contributed by atoms with Gasteiger partial charge in [0.05, 0.1) is 23.1 Å². The summed E-state index contributed by atoms with van der Waals surface area (Å²) in [6, 6.07) is -1.22. The fraction of sp³-hybridized carbons (Fsp3) is 0.418. The highest BCUT2D eigenvalue weighted by Crippen LogP contribution is 2.49. The smallest absolute Gasteiger partial charge is 0.410 e. The molecule has 14 atom stereocenters. The van der Waals surface area contributed by atoms with Gasteiger partial charge in [-0.15, -0.1) is 0 Å².